The molecule has 1 aromatic heterocycles. The summed E-state index contributed by atoms with van der Waals surface area (Å²) in [6.45, 7) is 7.08. The molecule has 1 unspecified atom stereocenters. The molecule has 0 spiro atoms. The van der Waals surface area contributed by atoms with E-state index in [0.717, 1.165) is 18.4 Å². The second kappa shape index (κ2) is 9.76. The molecule has 1 fully saturated rings. The van der Waals surface area contributed by atoms with Gasteiger partial charge in [0.15, 0.2) is 0 Å². The Balaban J connectivity index is 1.63. The van der Waals surface area contributed by atoms with Crippen molar-refractivity contribution in [3.63, 3.8) is 0 Å². The summed E-state index contributed by atoms with van der Waals surface area (Å²) in [6, 6.07) is 14.5. The molecule has 0 aliphatic carbocycles. The van der Waals surface area contributed by atoms with Crippen molar-refractivity contribution >= 4 is 27.0 Å². The van der Waals surface area contributed by atoms with E-state index in [9.17, 15) is 18.0 Å². The smallest absolute Gasteiger partial charge is 0.329 e. The van der Waals surface area contributed by atoms with Crippen LogP contribution >= 0.6 is 0 Å². The van der Waals surface area contributed by atoms with Gasteiger partial charge in [-0.15, -0.1) is 0 Å². The molecule has 0 saturated carbocycles. The molecule has 1 aliphatic heterocycles. The van der Waals surface area contributed by atoms with Crippen molar-refractivity contribution in [1.29, 1.82) is 0 Å². The van der Waals surface area contributed by atoms with E-state index in [1.165, 1.54) is 14.9 Å². The average Bonchev–Trinajstić information content (AvgIpc) is 3.45. The highest BCUT2D eigenvalue weighted by Gasteiger charge is 2.28. The SMILES string of the molecule is CC(CNC(=O)Cn1c(=O)n(C(C)C)c2ccc(S(=O)(=O)N3CCCC3)cc21)c1ccccc1. The first-order chi connectivity index (χ1) is 16.2. The number of fused-ring (bicyclic) bond motifs is 1. The number of nitrogens with zero attached hydrogens (tertiary/aromatic N) is 3. The molecule has 0 radical (unpaired) electrons. The number of carbonyl (C=O) groups is 1. The molecule has 2 aromatic carbocycles. The van der Waals surface area contributed by atoms with Crippen molar-refractivity contribution in [2.45, 2.75) is 57.0 Å². The van der Waals surface area contributed by atoms with Gasteiger partial charge in [-0.1, -0.05) is 37.3 Å². The third kappa shape index (κ3) is 4.67. The van der Waals surface area contributed by atoms with Crippen LogP contribution in [0.1, 0.15) is 51.1 Å². The van der Waals surface area contributed by atoms with E-state index in [1.807, 2.05) is 51.1 Å². The average molecular weight is 485 g/mol. The molecule has 1 atom stereocenters. The van der Waals surface area contributed by atoms with Gasteiger partial charge in [0, 0.05) is 25.7 Å². The van der Waals surface area contributed by atoms with Crippen LogP contribution in [0.15, 0.2) is 58.2 Å². The topological polar surface area (TPSA) is 93.4 Å². The molecule has 8 nitrogen and oxygen atoms in total. The lowest BCUT2D eigenvalue weighted by molar-refractivity contribution is -0.121. The van der Waals surface area contributed by atoms with Crippen molar-refractivity contribution in [1.82, 2.24) is 18.8 Å². The fourth-order valence-electron chi connectivity index (χ4n) is 4.51. The van der Waals surface area contributed by atoms with Crippen LogP contribution in [0.25, 0.3) is 11.0 Å². The van der Waals surface area contributed by atoms with E-state index in [4.69, 9.17) is 0 Å². The second-order valence-electron chi connectivity index (χ2n) is 9.21. The maximum atomic E-state index is 13.2. The third-order valence-electron chi connectivity index (χ3n) is 6.43. The van der Waals surface area contributed by atoms with Gasteiger partial charge in [0.2, 0.25) is 15.9 Å². The number of aromatic nitrogens is 2. The van der Waals surface area contributed by atoms with E-state index >= 15 is 0 Å². The van der Waals surface area contributed by atoms with Crippen LogP contribution in [0.3, 0.4) is 0 Å². The Hall–Kier alpha value is -2.91. The summed E-state index contributed by atoms with van der Waals surface area (Å²) in [5.41, 5.74) is 1.86. The first-order valence-corrected chi connectivity index (χ1v) is 13.2. The number of hydrogen-bond donors (Lipinski definition) is 1. The molecule has 3 aromatic rings. The monoisotopic (exact) mass is 484 g/mol. The van der Waals surface area contributed by atoms with Crippen LogP contribution in [0, 0.1) is 0 Å². The molecule has 0 bridgehead atoms. The Morgan fingerprint density at radius 1 is 1.00 bits per heavy atom. The molecule has 34 heavy (non-hydrogen) atoms. The van der Waals surface area contributed by atoms with Crippen LogP contribution < -0.4 is 11.0 Å². The number of amides is 1. The van der Waals surface area contributed by atoms with E-state index < -0.39 is 10.0 Å². The van der Waals surface area contributed by atoms with Gasteiger partial charge >= 0.3 is 5.69 Å². The number of hydrogen-bond acceptors (Lipinski definition) is 4. The van der Waals surface area contributed by atoms with Gasteiger partial charge in [-0.3, -0.25) is 13.9 Å². The number of rotatable bonds is 8. The molecular formula is C25H32N4O4S. The van der Waals surface area contributed by atoms with Gasteiger partial charge in [-0.25, -0.2) is 13.2 Å². The lowest BCUT2D eigenvalue weighted by Gasteiger charge is -2.16. The summed E-state index contributed by atoms with van der Waals surface area (Å²) in [5, 5.41) is 2.92. The van der Waals surface area contributed by atoms with Crippen molar-refractivity contribution in [2.75, 3.05) is 19.6 Å². The normalized spacial score (nSPS) is 15.8. The zero-order valence-electron chi connectivity index (χ0n) is 19.9. The predicted octanol–water partition coefficient (Wildman–Crippen LogP) is 3.09. The van der Waals surface area contributed by atoms with Gasteiger partial charge in [0.25, 0.3) is 0 Å². The molecular weight excluding hydrogens is 452 g/mol. The summed E-state index contributed by atoms with van der Waals surface area (Å²) in [4.78, 5) is 26.2. The Morgan fingerprint density at radius 2 is 1.68 bits per heavy atom. The molecule has 1 amide bonds. The zero-order valence-corrected chi connectivity index (χ0v) is 20.7. The lowest BCUT2D eigenvalue weighted by Crippen LogP contribution is -2.35. The molecule has 1 saturated heterocycles. The molecule has 182 valence electrons. The highest BCUT2D eigenvalue weighted by Crippen LogP contribution is 2.25. The number of nitrogens with one attached hydrogen (secondary N) is 1. The van der Waals surface area contributed by atoms with Crippen LogP contribution in [0.4, 0.5) is 0 Å². The molecule has 2 heterocycles. The van der Waals surface area contributed by atoms with Crippen LogP contribution in [0.2, 0.25) is 0 Å². The number of carbonyl (C=O) groups excluding carboxylic acids is 1. The standard InChI is InChI=1S/C25H32N4O4S/c1-18(2)29-22-12-11-21(34(32,33)27-13-7-8-14-27)15-23(22)28(25(29)31)17-24(30)26-16-19(3)20-9-5-4-6-10-20/h4-6,9-12,15,18-19H,7-8,13-14,16-17H2,1-3H3,(H,26,30). The van der Waals surface area contributed by atoms with Gasteiger partial charge in [-0.2, -0.15) is 4.31 Å². The summed E-state index contributed by atoms with van der Waals surface area (Å²) in [7, 11) is -3.64. The first kappa shape index (κ1) is 24.2. The number of sulfonamides is 1. The molecule has 1 aliphatic rings. The summed E-state index contributed by atoms with van der Waals surface area (Å²) in [5.74, 6) is -0.170. The molecule has 4 rings (SSSR count). The van der Waals surface area contributed by atoms with Crippen molar-refractivity contribution in [2.24, 2.45) is 0 Å². The van der Waals surface area contributed by atoms with Crippen LogP contribution in [-0.4, -0.2) is 47.4 Å². The van der Waals surface area contributed by atoms with Crippen molar-refractivity contribution in [3.05, 3.63) is 64.6 Å². The minimum Gasteiger partial charge on any atom is -0.354 e. The predicted molar refractivity (Wildman–Crippen MR) is 132 cm³/mol. The second-order valence-corrected chi connectivity index (χ2v) is 11.1. The van der Waals surface area contributed by atoms with Crippen LogP contribution in [0.5, 0.6) is 0 Å². The Bertz CT molecular complexity index is 1340. The van der Waals surface area contributed by atoms with Gasteiger partial charge < -0.3 is 5.32 Å². The van der Waals surface area contributed by atoms with E-state index in [0.29, 0.717) is 30.7 Å². The third-order valence-corrected chi connectivity index (χ3v) is 8.32. The Kier molecular flexibility index (Phi) is 6.95. The lowest BCUT2D eigenvalue weighted by atomic mass is 10.0. The van der Waals surface area contributed by atoms with Gasteiger partial charge in [-0.05, 0) is 56.4 Å². The summed E-state index contributed by atoms with van der Waals surface area (Å²) >= 11 is 0. The summed E-state index contributed by atoms with van der Waals surface area (Å²) in [6.07, 6.45) is 1.69. The quantitative estimate of drug-likeness (QED) is 0.532. The first-order valence-electron chi connectivity index (χ1n) is 11.8. The maximum absolute atomic E-state index is 13.2. The fraction of sp³-hybridized carbons (Fsp3) is 0.440. The maximum Gasteiger partial charge on any atom is 0.329 e. The van der Waals surface area contributed by atoms with E-state index in [1.54, 1.807) is 16.7 Å². The summed E-state index contributed by atoms with van der Waals surface area (Å²) < 4.78 is 30.7. The largest absolute Gasteiger partial charge is 0.354 e. The fourth-order valence-corrected chi connectivity index (χ4v) is 6.05. The minimum atomic E-state index is -3.64. The Labute approximate surface area is 200 Å². The highest BCUT2D eigenvalue weighted by molar-refractivity contribution is 7.89. The molecule has 1 N–H and O–H groups in total. The van der Waals surface area contributed by atoms with Crippen molar-refractivity contribution in [3.8, 4) is 0 Å². The highest BCUT2D eigenvalue weighted by atomic mass is 32.2. The Morgan fingerprint density at radius 3 is 2.32 bits per heavy atom. The zero-order chi connectivity index (χ0) is 24.5. The van der Waals surface area contributed by atoms with E-state index in [-0.39, 0.29) is 35.0 Å². The van der Waals surface area contributed by atoms with Gasteiger partial charge in [0.05, 0.1) is 15.9 Å². The van der Waals surface area contributed by atoms with E-state index in [2.05, 4.69) is 5.32 Å². The van der Waals surface area contributed by atoms with Crippen LogP contribution in [-0.2, 0) is 21.4 Å². The number of benzene rings is 2. The van der Waals surface area contributed by atoms with Crippen molar-refractivity contribution < 1.29 is 13.2 Å². The molecule has 9 heteroatoms. The van der Waals surface area contributed by atoms with Gasteiger partial charge in [0.1, 0.15) is 6.54 Å². The number of imidazole rings is 1. The minimum absolute atomic E-state index is 0.121.